The Bertz CT molecular complexity index is 676. The van der Waals surface area contributed by atoms with E-state index in [1.165, 1.54) is 0 Å². The van der Waals surface area contributed by atoms with Crippen molar-refractivity contribution >= 4 is 24.2 Å². The third-order valence-corrected chi connectivity index (χ3v) is 5.75. The zero-order chi connectivity index (χ0) is 19.4. The number of carbonyl (C=O) groups excluding carboxylic acids is 2. The van der Waals surface area contributed by atoms with Gasteiger partial charge in [-0.1, -0.05) is 32.0 Å². The number of nitrogens with zero attached hydrogens (tertiary/aromatic N) is 2. The van der Waals surface area contributed by atoms with Crippen LogP contribution in [-0.4, -0.2) is 73.0 Å². The Morgan fingerprint density at radius 2 is 1.82 bits per heavy atom. The van der Waals surface area contributed by atoms with Gasteiger partial charge in [-0.25, -0.2) is 0 Å². The number of aryl methyl sites for hydroxylation is 1. The van der Waals surface area contributed by atoms with Crippen molar-refractivity contribution in [2.24, 2.45) is 5.92 Å². The van der Waals surface area contributed by atoms with Crippen LogP contribution in [0.2, 0.25) is 0 Å². The second kappa shape index (κ2) is 10.2. The van der Waals surface area contributed by atoms with Gasteiger partial charge in [0.2, 0.25) is 5.91 Å². The van der Waals surface area contributed by atoms with Crippen molar-refractivity contribution in [1.29, 1.82) is 0 Å². The molecule has 2 fully saturated rings. The van der Waals surface area contributed by atoms with Gasteiger partial charge in [0.1, 0.15) is 6.04 Å². The Morgan fingerprint density at radius 1 is 1.14 bits per heavy atom. The van der Waals surface area contributed by atoms with Gasteiger partial charge in [-0.3, -0.25) is 14.5 Å². The first-order valence-corrected chi connectivity index (χ1v) is 10.1. The summed E-state index contributed by atoms with van der Waals surface area (Å²) in [6, 6.07) is 7.45. The molecule has 2 aliphatic heterocycles. The topological polar surface area (TPSA) is 64.7 Å². The van der Waals surface area contributed by atoms with Crippen molar-refractivity contribution in [3.63, 3.8) is 0 Å². The second-order valence-electron chi connectivity index (χ2n) is 8.02. The van der Waals surface area contributed by atoms with Crippen LogP contribution in [0.1, 0.15) is 36.2 Å². The van der Waals surface area contributed by atoms with Crippen molar-refractivity contribution in [1.82, 2.24) is 20.4 Å². The lowest BCUT2D eigenvalue weighted by molar-refractivity contribution is -0.133. The molecule has 2 atom stereocenters. The maximum absolute atomic E-state index is 13.1. The van der Waals surface area contributed by atoms with Gasteiger partial charge in [-0.2, -0.15) is 0 Å². The molecular weight excluding hydrogens is 376 g/mol. The first-order valence-electron chi connectivity index (χ1n) is 10.1. The summed E-state index contributed by atoms with van der Waals surface area (Å²) in [4.78, 5) is 30.3. The van der Waals surface area contributed by atoms with Crippen LogP contribution in [0.3, 0.4) is 0 Å². The summed E-state index contributed by atoms with van der Waals surface area (Å²) in [7, 11) is 0. The van der Waals surface area contributed by atoms with E-state index in [9.17, 15) is 9.59 Å². The summed E-state index contributed by atoms with van der Waals surface area (Å²) in [5.74, 6) is -0.0775. The molecule has 156 valence electrons. The van der Waals surface area contributed by atoms with Crippen molar-refractivity contribution < 1.29 is 9.59 Å². The van der Waals surface area contributed by atoms with Crippen molar-refractivity contribution in [2.45, 2.75) is 39.3 Å². The predicted molar refractivity (Wildman–Crippen MR) is 114 cm³/mol. The highest BCUT2D eigenvalue weighted by atomic mass is 35.5. The first kappa shape index (κ1) is 22.7. The quantitative estimate of drug-likeness (QED) is 0.778. The molecular formula is C21H33ClN4O2. The number of hydrogen-bond acceptors (Lipinski definition) is 4. The SMILES string of the molecule is Cc1ccccc1C(=O)NC(C(=O)N1CCC(N2CCNCC2)C1)C(C)C.Cl. The number of rotatable bonds is 5. The number of likely N-dealkylation sites (tertiary alicyclic amines) is 1. The summed E-state index contributed by atoms with van der Waals surface area (Å²) in [6.07, 6.45) is 1.02. The van der Waals surface area contributed by atoms with Crippen LogP contribution in [0, 0.1) is 12.8 Å². The zero-order valence-corrected chi connectivity index (χ0v) is 17.9. The third-order valence-electron chi connectivity index (χ3n) is 5.75. The maximum atomic E-state index is 13.1. The zero-order valence-electron chi connectivity index (χ0n) is 17.1. The standard InChI is InChI=1S/C21H32N4O2.ClH/c1-15(2)19(23-20(26)18-7-5-4-6-16(18)3)21(27)25-11-8-17(14-25)24-12-9-22-10-13-24;/h4-7,15,17,19,22H,8-14H2,1-3H3,(H,23,26);1H. The average Bonchev–Trinajstić information content (AvgIpc) is 3.16. The van der Waals surface area contributed by atoms with Crippen LogP contribution in [0.15, 0.2) is 24.3 Å². The molecule has 0 radical (unpaired) electrons. The van der Waals surface area contributed by atoms with E-state index in [0.29, 0.717) is 11.6 Å². The van der Waals surface area contributed by atoms with Crippen LogP contribution in [0.25, 0.3) is 0 Å². The third kappa shape index (κ3) is 5.25. The summed E-state index contributed by atoms with van der Waals surface area (Å²) in [6.45, 7) is 11.6. The lowest BCUT2D eigenvalue weighted by Gasteiger charge is -2.33. The predicted octanol–water partition coefficient (Wildman–Crippen LogP) is 1.68. The largest absolute Gasteiger partial charge is 0.340 e. The Labute approximate surface area is 174 Å². The molecule has 2 N–H and O–H groups in total. The number of piperazine rings is 1. The van der Waals surface area contributed by atoms with E-state index >= 15 is 0 Å². The van der Waals surface area contributed by atoms with E-state index in [1.807, 2.05) is 49.9 Å². The summed E-state index contributed by atoms with van der Waals surface area (Å²) >= 11 is 0. The van der Waals surface area contributed by atoms with Crippen LogP contribution >= 0.6 is 12.4 Å². The molecule has 2 heterocycles. The fourth-order valence-electron chi connectivity index (χ4n) is 4.04. The molecule has 3 rings (SSSR count). The molecule has 0 aromatic heterocycles. The monoisotopic (exact) mass is 408 g/mol. The maximum Gasteiger partial charge on any atom is 0.252 e. The molecule has 1 aromatic rings. The number of amides is 2. The highest BCUT2D eigenvalue weighted by Gasteiger charge is 2.35. The minimum Gasteiger partial charge on any atom is -0.340 e. The molecule has 2 aliphatic rings. The number of halogens is 1. The molecule has 0 saturated carbocycles. The number of nitrogens with one attached hydrogen (secondary N) is 2. The van der Waals surface area contributed by atoms with Crippen LogP contribution in [0.5, 0.6) is 0 Å². The molecule has 7 heteroatoms. The second-order valence-corrected chi connectivity index (χ2v) is 8.02. The molecule has 28 heavy (non-hydrogen) atoms. The van der Waals surface area contributed by atoms with Crippen molar-refractivity contribution in [2.75, 3.05) is 39.3 Å². The first-order chi connectivity index (χ1) is 13.0. The number of hydrogen-bond donors (Lipinski definition) is 2. The minimum atomic E-state index is -0.487. The van der Waals surface area contributed by atoms with Gasteiger partial charge in [0.25, 0.3) is 5.91 Å². The van der Waals surface area contributed by atoms with E-state index in [1.54, 1.807) is 0 Å². The van der Waals surface area contributed by atoms with E-state index in [2.05, 4.69) is 15.5 Å². The molecule has 2 unspecified atom stereocenters. The molecule has 2 saturated heterocycles. The summed E-state index contributed by atoms with van der Waals surface area (Å²) in [5, 5.41) is 6.37. The molecule has 0 aliphatic carbocycles. The molecule has 0 bridgehead atoms. The van der Waals surface area contributed by atoms with Crippen LogP contribution < -0.4 is 10.6 Å². The summed E-state index contributed by atoms with van der Waals surface area (Å²) < 4.78 is 0. The molecule has 1 aromatic carbocycles. The van der Waals surface area contributed by atoms with Crippen molar-refractivity contribution in [3.05, 3.63) is 35.4 Å². The Morgan fingerprint density at radius 3 is 2.46 bits per heavy atom. The molecule has 6 nitrogen and oxygen atoms in total. The van der Waals surface area contributed by atoms with Gasteiger partial charge in [-0.15, -0.1) is 12.4 Å². The normalized spacial score (nSPS) is 21.3. The lowest BCUT2D eigenvalue weighted by Crippen LogP contribution is -2.52. The van der Waals surface area contributed by atoms with E-state index in [4.69, 9.17) is 0 Å². The van der Waals surface area contributed by atoms with Gasteiger partial charge in [-0.05, 0) is 30.9 Å². The Balaban J connectivity index is 0.00000280. The lowest BCUT2D eigenvalue weighted by atomic mass is 10.0. The van der Waals surface area contributed by atoms with Gasteiger partial charge in [0, 0.05) is 50.9 Å². The van der Waals surface area contributed by atoms with Crippen molar-refractivity contribution in [3.8, 4) is 0 Å². The fraction of sp³-hybridized carbons (Fsp3) is 0.619. The molecule has 0 spiro atoms. The van der Waals surface area contributed by atoms with Crippen LogP contribution in [0.4, 0.5) is 0 Å². The Kier molecular flexibility index (Phi) is 8.28. The Hall–Kier alpha value is -1.63. The van der Waals surface area contributed by atoms with Crippen LogP contribution in [-0.2, 0) is 4.79 Å². The minimum absolute atomic E-state index is 0. The summed E-state index contributed by atoms with van der Waals surface area (Å²) in [5.41, 5.74) is 1.56. The number of benzene rings is 1. The van der Waals surface area contributed by atoms with Gasteiger partial charge >= 0.3 is 0 Å². The average molecular weight is 409 g/mol. The highest BCUT2D eigenvalue weighted by molar-refractivity contribution is 5.98. The van der Waals surface area contributed by atoms with Gasteiger partial charge in [0.15, 0.2) is 0 Å². The van der Waals surface area contributed by atoms with Gasteiger partial charge < -0.3 is 15.5 Å². The number of carbonyl (C=O) groups is 2. The highest BCUT2D eigenvalue weighted by Crippen LogP contribution is 2.19. The van der Waals surface area contributed by atoms with E-state index in [-0.39, 0.29) is 30.1 Å². The molecule has 2 amide bonds. The smallest absolute Gasteiger partial charge is 0.252 e. The van der Waals surface area contributed by atoms with E-state index < -0.39 is 6.04 Å². The fourth-order valence-corrected chi connectivity index (χ4v) is 4.04. The van der Waals surface area contributed by atoms with Gasteiger partial charge in [0.05, 0.1) is 0 Å². The van der Waals surface area contributed by atoms with E-state index in [0.717, 1.165) is 51.3 Å².